The number of aromatic nitrogens is 1. The lowest BCUT2D eigenvalue weighted by atomic mass is 9.94. The monoisotopic (exact) mass is 636 g/mol. The van der Waals surface area contributed by atoms with Crippen molar-refractivity contribution in [2.75, 3.05) is 33.4 Å². The van der Waals surface area contributed by atoms with Crippen LogP contribution in [0.4, 0.5) is 0 Å². The standard InChI is InChI=1S/C40H45ClN2O3/c1-45-39-19-10-18-34-35(37(44)28-31-13-4-2-5-14-31)29-43(40(34)39)24-9-3-6-12-30-15-11-23-42(25-22-30)26-27-46-38-21-20-36(41)32-16-7-8-17-33(32)38/h2,4-5,7-8,10,13-14,16-21,29-30H,3,6,9,11-12,15,22-28H2,1H3/t30-/m0/s1. The highest BCUT2D eigenvalue weighted by Crippen LogP contribution is 2.33. The number of hydrogen-bond acceptors (Lipinski definition) is 4. The lowest BCUT2D eigenvalue weighted by molar-refractivity contribution is 0.0994. The summed E-state index contributed by atoms with van der Waals surface area (Å²) in [6.45, 7) is 4.82. The van der Waals surface area contributed by atoms with Crippen LogP contribution in [0, 0.1) is 5.92 Å². The molecule has 0 amide bonds. The van der Waals surface area contributed by atoms with E-state index in [9.17, 15) is 4.79 Å². The molecular formula is C40H45ClN2O3. The van der Waals surface area contributed by atoms with Crippen LogP contribution in [0.25, 0.3) is 21.7 Å². The number of likely N-dealkylation sites (tertiary alicyclic amines) is 1. The number of unbranched alkanes of at least 4 members (excludes halogenated alkanes) is 2. The number of halogens is 1. The maximum absolute atomic E-state index is 13.4. The van der Waals surface area contributed by atoms with Gasteiger partial charge in [-0.2, -0.15) is 0 Å². The van der Waals surface area contributed by atoms with Crippen LogP contribution in [0.2, 0.25) is 5.02 Å². The fraction of sp³-hybridized carbons (Fsp3) is 0.375. The van der Waals surface area contributed by atoms with Gasteiger partial charge in [0, 0.05) is 52.5 Å². The summed E-state index contributed by atoms with van der Waals surface area (Å²) < 4.78 is 14.2. The number of Topliss-reactive ketones (excluding diaryl/α,β-unsaturated/α-hetero) is 1. The third-order valence-corrected chi connectivity index (χ3v) is 9.87. The van der Waals surface area contributed by atoms with Crippen LogP contribution in [0.3, 0.4) is 0 Å². The lowest BCUT2D eigenvalue weighted by Crippen LogP contribution is -2.29. The minimum absolute atomic E-state index is 0.149. The van der Waals surface area contributed by atoms with E-state index >= 15 is 0 Å². The Bertz CT molecular complexity index is 1750. The third-order valence-electron chi connectivity index (χ3n) is 9.54. The number of hydrogen-bond donors (Lipinski definition) is 0. The zero-order valence-corrected chi connectivity index (χ0v) is 27.7. The second kappa shape index (κ2) is 15.7. The Hall–Kier alpha value is -3.80. The first kappa shape index (κ1) is 32.2. The van der Waals surface area contributed by atoms with Crippen LogP contribution in [0.15, 0.2) is 91.1 Å². The predicted octanol–water partition coefficient (Wildman–Crippen LogP) is 9.62. The highest BCUT2D eigenvalue weighted by atomic mass is 35.5. The normalized spacial score (nSPS) is 15.7. The van der Waals surface area contributed by atoms with Gasteiger partial charge in [-0.1, -0.05) is 97.6 Å². The predicted molar refractivity (Wildman–Crippen MR) is 190 cm³/mol. The largest absolute Gasteiger partial charge is 0.495 e. The first-order valence-electron chi connectivity index (χ1n) is 16.9. The Morgan fingerprint density at radius 1 is 0.804 bits per heavy atom. The number of carbonyl (C=O) groups is 1. The van der Waals surface area contributed by atoms with E-state index in [1.807, 2.05) is 78.9 Å². The minimum atomic E-state index is 0.149. The Morgan fingerprint density at radius 3 is 2.46 bits per heavy atom. The molecule has 0 aliphatic carbocycles. The Morgan fingerprint density at radius 2 is 1.61 bits per heavy atom. The van der Waals surface area contributed by atoms with Crippen LogP contribution in [0.5, 0.6) is 11.5 Å². The topological polar surface area (TPSA) is 43.7 Å². The van der Waals surface area contributed by atoms with Crippen LogP contribution in [-0.4, -0.2) is 48.6 Å². The van der Waals surface area contributed by atoms with Gasteiger partial charge in [-0.15, -0.1) is 0 Å². The van der Waals surface area contributed by atoms with Crippen molar-refractivity contribution in [2.24, 2.45) is 5.92 Å². The maximum atomic E-state index is 13.4. The summed E-state index contributed by atoms with van der Waals surface area (Å²) in [4.78, 5) is 15.9. The molecule has 46 heavy (non-hydrogen) atoms. The molecule has 5 aromatic rings. The smallest absolute Gasteiger partial charge is 0.169 e. The molecule has 0 saturated carbocycles. The molecule has 0 bridgehead atoms. The highest BCUT2D eigenvalue weighted by Gasteiger charge is 2.19. The van der Waals surface area contributed by atoms with Crippen LogP contribution in [0.1, 0.15) is 60.9 Å². The molecule has 0 spiro atoms. The van der Waals surface area contributed by atoms with E-state index in [4.69, 9.17) is 21.1 Å². The van der Waals surface area contributed by atoms with Gasteiger partial charge in [0.15, 0.2) is 5.78 Å². The second-order valence-electron chi connectivity index (χ2n) is 12.6. The molecule has 1 aromatic heterocycles. The number of ether oxygens (including phenoxy) is 2. The molecule has 0 N–H and O–H groups in total. The molecular weight excluding hydrogens is 592 g/mol. The first-order valence-corrected chi connectivity index (χ1v) is 17.2. The van der Waals surface area contributed by atoms with Crippen molar-refractivity contribution in [1.82, 2.24) is 9.47 Å². The molecule has 1 fully saturated rings. The van der Waals surface area contributed by atoms with Gasteiger partial charge in [-0.3, -0.25) is 9.69 Å². The highest BCUT2D eigenvalue weighted by molar-refractivity contribution is 6.35. The van der Waals surface area contributed by atoms with Crippen molar-refractivity contribution in [2.45, 2.75) is 57.9 Å². The van der Waals surface area contributed by atoms with Gasteiger partial charge in [-0.25, -0.2) is 0 Å². The van der Waals surface area contributed by atoms with E-state index in [0.717, 1.165) is 87.8 Å². The third kappa shape index (κ3) is 7.76. The van der Waals surface area contributed by atoms with Gasteiger partial charge in [0.1, 0.15) is 18.1 Å². The second-order valence-corrected chi connectivity index (χ2v) is 13.0. The number of para-hydroxylation sites is 1. The quantitative estimate of drug-likeness (QED) is 0.0899. The number of ketones is 1. The van der Waals surface area contributed by atoms with Crippen molar-refractivity contribution in [3.63, 3.8) is 0 Å². The molecule has 1 aliphatic rings. The van der Waals surface area contributed by atoms with Gasteiger partial charge < -0.3 is 14.0 Å². The summed E-state index contributed by atoms with van der Waals surface area (Å²) in [5, 5.41) is 3.86. The van der Waals surface area contributed by atoms with Crippen molar-refractivity contribution in [3.05, 3.63) is 107 Å². The number of benzene rings is 4. The number of aryl methyl sites for hydroxylation is 1. The van der Waals surface area contributed by atoms with Crippen LogP contribution in [-0.2, 0) is 13.0 Å². The van der Waals surface area contributed by atoms with Gasteiger partial charge in [0.2, 0.25) is 0 Å². The summed E-state index contributed by atoms with van der Waals surface area (Å²) in [7, 11) is 1.71. The molecule has 1 saturated heterocycles. The fourth-order valence-electron chi connectivity index (χ4n) is 7.04. The summed E-state index contributed by atoms with van der Waals surface area (Å²) >= 11 is 6.38. The van der Waals surface area contributed by atoms with Gasteiger partial charge in [-0.05, 0) is 68.5 Å². The molecule has 1 atom stereocenters. The van der Waals surface area contributed by atoms with E-state index < -0.39 is 0 Å². The number of carbonyl (C=O) groups excluding carboxylic acids is 1. The zero-order valence-electron chi connectivity index (χ0n) is 26.9. The van der Waals surface area contributed by atoms with Crippen molar-refractivity contribution >= 4 is 39.1 Å². The van der Waals surface area contributed by atoms with E-state index in [-0.39, 0.29) is 5.78 Å². The molecule has 4 aromatic carbocycles. The molecule has 240 valence electrons. The number of fused-ring (bicyclic) bond motifs is 2. The van der Waals surface area contributed by atoms with Gasteiger partial charge >= 0.3 is 0 Å². The number of nitrogens with zero attached hydrogens (tertiary/aromatic N) is 2. The number of methoxy groups -OCH3 is 1. The fourth-order valence-corrected chi connectivity index (χ4v) is 7.27. The van der Waals surface area contributed by atoms with Gasteiger partial charge in [0.25, 0.3) is 0 Å². The van der Waals surface area contributed by atoms with Crippen molar-refractivity contribution in [1.29, 1.82) is 0 Å². The molecule has 6 heteroatoms. The Kier molecular flexibility index (Phi) is 10.9. The summed E-state index contributed by atoms with van der Waals surface area (Å²) in [6, 6.07) is 28.1. The minimum Gasteiger partial charge on any atom is -0.495 e. The van der Waals surface area contributed by atoms with E-state index in [2.05, 4.69) is 21.7 Å². The molecule has 1 aliphatic heterocycles. The first-order chi connectivity index (χ1) is 22.6. The van der Waals surface area contributed by atoms with Gasteiger partial charge in [0.05, 0.1) is 12.6 Å². The van der Waals surface area contributed by atoms with Crippen LogP contribution < -0.4 is 9.47 Å². The Labute approximate surface area is 278 Å². The van der Waals surface area contributed by atoms with E-state index in [0.29, 0.717) is 13.0 Å². The number of rotatable bonds is 14. The van der Waals surface area contributed by atoms with E-state index in [1.165, 1.54) is 38.5 Å². The average molecular weight is 637 g/mol. The van der Waals surface area contributed by atoms with Crippen molar-refractivity contribution in [3.8, 4) is 11.5 Å². The van der Waals surface area contributed by atoms with E-state index in [1.54, 1.807) is 7.11 Å². The Balaban J connectivity index is 0.960. The molecule has 0 unspecified atom stereocenters. The molecule has 5 nitrogen and oxygen atoms in total. The summed E-state index contributed by atoms with van der Waals surface area (Å²) in [5.41, 5.74) is 2.85. The molecule has 6 rings (SSSR count). The summed E-state index contributed by atoms with van der Waals surface area (Å²) in [5.74, 6) is 2.68. The lowest BCUT2D eigenvalue weighted by Gasteiger charge is -2.20. The zero-order chi connectivity index (χ0) is 31.7. The molecule has 2 heterocycles. The summed E-state index contributed by atoms with van der Waals surface area (Å²) in [6.07, 6.45) is 11.1. The average Bonchev–Trinajstić information content (AvgIpc) is 3.31. The maximum Gasteiger partial charge on any atom is 0.169 e. The van der Waals surface area contributed by atoms with Crippen molar-refractivity contribution < 1.29 is 14.3 Å². The molecule has 0 radical (unpaired) electrons. The SMILES string of the molecule is COc1cccc2c(C(=O)Cc3ccccc3)cn(CCCCC[C@H]3CCCN(CCOc4ccc(Cl)c5ccccc45)CC3)c12. The van der Waals surface area contributed by atoms with Crippen LogP contribution >= 0.6 is 11.6 Å².